The van der Waals surface area contributed by atoms with Crippen LogP contribution in [0, 0.1) is 5.92 Å². The molecule has 0 aliphatic carbocycles. The fourth-order valence-corrected chi connectivity index (χ4v) is 2.80. The summed E-state index contributed by atoms with van der Waals surface area (Å²) in [4.78, 5) is 28.1. The van der Waals surface area contributed by atoms with Gasteiger partial charge in [-0.2, -0.15) is 0 Å². The lowest BCUT2D eigenvalue weighted by Gasteiger charge is -2.38. The molecule has 1 heterocycles. The highest BCUT2D eigenvalue weighted by atomic mass is 16.6. The Morgan fingerprint density at radius 3 is 2.39 bits per heavy atom. The molecule has 0 aromatic heterocycles. The van der Waals surface area contributed by atoms with E-state index in [2.05, 4.69) is 0 Å². The second kappa shape index (κ2) is 7.99. The first kappa shape index (κ1) is 19.7. The molecule has 1 fully saturated rings. The van der Waals surface area contributed by atoms with Crippen LogP contribution >= 0.6 is 0 Å². The average molecular weight is 327 g/mol. The van der Waals surface area contributed by atoms with Crippen LogP contribution in [0.15, 0.2) is 0 Å². The van der Waals surface area contributed by atoms with Crippen LogP contribution in [0.1, 0.15) is 54.4 Å². The summed E-state index contributed by atoms with van der Waals surface area (Å²) < 4.78 is 5.50. The topological polar surface area (TPSA) is 75.9 Å². The number of nitrogens with two attached hydrogens (primary N) is 1. The lowest BCUT2D eigenvalue weighted by atomic mass is 9.96. The molecule has 6 heteroatoms. The number of hydrogen-bond donors (Lipinski definition) is 1. The molecule has 2 N–H and O–H groups in total. The van der Waals surface area contributed by atoms with Crippen molar-refractivity contribution in [1.82, 2.24) is 9.80 Å². The molecule has 1 aliphatic heterocycles. The molecule has 0 unspecified atom stereocenters. The lowest BCUT2D eigenvalue weighted by molar-refractivity contribution is -0.134. The van der Waals surface area contributed by atoms with Crippen LogP contribution in [0.4, 0.5) is 4.79 Å². The summed E-state index contributed by atoms with van der Waals surface area (Å²) in [6.45, 7) is 13.3. The summed E-state index contributed by atoms with van der Waals surface area (Å²) >= 11 is 0. The monoisotopic (exact) mass is 327 g/mol. The smallest absolute Gasteiger partial charge is 0.410 e. The standard InChI is InChI=1S/C17H33N3O3/c1-12(2)20(16(22)23-17(4,5)6)11-14-8-7-9-19(10-14)15(21)13(3)18/h12-14H,7-11,18H2,1-6H3/t13-,14-/m0/s1. The second-order valence-electron chi connectivity index (χ2n) is 7.81. The quantitative estimate of drug-likeness (QED) is 0.859. The third kappa shape index (κ3) is 6.37. The summed E-state index contributed by atoms with van der Waals surface area (Å²) in [6, 6.07) is -0.412. The molecule has 0 spiro atoms. The van der Waals surface area contributed by atoms with Crippen molar-refractivity contribution in [2.45, 2.75) is 72.1 Å². The number of rotatable bonds is 4. The molecule has 1 rings (SSSR count). The second-order valence-corrected chi connectivity index (χ2v) is 7.81. The number of piperidine rings is 1. The highest BCUT2D eigenvalue weighted by Crippen LogP contribution is 2.21. The SMILES string of the molecule is CC(C)N(C[C@H]1CCCN(C(=O)[C@H](C)N)C1)C(=O)OC(C)(C)C. The van der Waals surface area contributed by atoms with Gasteiger partial charge in [0.2, 0.25) is 5.91 Å². The van der Waals surface area contributed by atoms with Gasteiger partial charge in [0.05, 0.1) is 6.04 Å². The maximum atomic E-state index is 12.4. The van der Waals surface area contributed by atoms with E-state index in [-0.39, 0.29) is 24.0 Å². The van der Waals surface area contributed by atoms with Crippen LogP contribution in [0.2, 0.25) is 0 Å². The van der Waals surface area contributed by atoms with Gasteiger partial charge in [0.25, 0.3) is 0 Å². The number of hydrogen-bond acceptors (Lipinski definition) is 4. The molecule has 0 aromatic carbocycles. The molecule has 2 atom stereocenters. The van der Waals surface area contributed by atoms with Gasteiger partial charge in [0.15, 0.2) is 0 Å². The Kier molecular flexibility index (Phi) is 6.86. The van der Waals surface area contributed by atoms with E-state index in [1.165, 1.54) is 0 Å². The normalized spacial score (nSPS) is 20.3. The molecular weight excluding hydrogens is 294 g/mol. The van der Waals surface area contributed by atoms with E-state index in [0.717, 1.165) is 19.4 Å². The van der Waals surface area contributed by atoms with Crippen LogP contribution in [-0.2, 0) is 9.53 Å². The Hall–Kier alpha value is -1.30. The Morgan fingerprint density at radius 2 is 1.91 bits per heavy atom. The average Bonchev–Trinajstić information content (AvgIpc) is 2.41. The van der Waals surface area contributed by atoms with Crippen molar-refractivity contribution in [3.8, 4) is 0 Å². The van der Waals surface area contributed by atoms with Crippen molar-refractivity contribution < 1.29 is 14.3 Å². The van der Waals surface area contributed by atoms with E-state index in [1.807, 2.05) is 39.5 Å². The van der Waals surface area contributed by atoms with E-state index >= 15 is 0 Å². The minimum Gasteiger partial charge on any atom is -0.444 e. The van der Waals surface area contributed by atoms with Gasteiger partial charge >= 0.3 is 6.09 Å². The maximum Gasteiger partial charge on any atom is 0.410 e. The van der Waals surface area contributed by atoms with Crippen LogP contribution in [0.25, 0.3) is 0 Å². The first-order chi connectivity index (χ1) is 10.5. The van der Waals surface area contributed by atoms with Crippen molar-refractivity contribution in [1.29, 1.82) is 0 Å². The molecule has 134 valence electrons. The molecule has 2 amide bonds. The minimum absolute atomic E-state index is 0.0111. The predicted molar refractivity (Wildman–Crippen MR) is 91.0 cm³/mol. The number of ether oxygens (including phenoxy) is 1. The van der Waals surface area contributed by atoms with Crippen molar-refractivity contribution in [2.75, 3.05) is 19.6 Å². The number of likely N-dealkylation sites (tertiary alicyclic amines) is 1. The van der Waals surface area contributed by atoms with E-state index in [4.69, 9.17) is 10.5 Å². The molecule has 0 radical (unpaired) electrons. The third-order valence-electron chi connectivity index (χ3n) is 3.93. The van der Waals surface area contributed by atoms with Crippen LogP contribution in [0.5, 0.6) is 0 Å². The minimum atomic E-state index is -0.506. The van der Waals surface area contributed by atoms with Gasteiger partial charge < -0.3 is 20.3 Å². The Labute approximate surface area is 140 Å². The van der Waals surface area contributed by atoms with Crippen LogP contribution in [0.3, 0.4) is 0 Å². The van der Waals surface area contributed by atoms with Gasteiger partial charge in [-0.3, -0.25) is 4.79 Å². The van der Waals surface area contributed by atoms with Gasteiger partial charge in [0, 0.05) is 25.7 Å². The van der Waals surface area contributed by atoms with Crippen molar-refractivity contribution >= 4 is 12.0 Å². The Bertz CT molecular complexity index is 416. The van der Waals surface area contributed by atoms with Gasteiger partial charge in [-0.1, -0.05) is 0 Å². The summed E-state index contributed by atoms with van der Waals surface area (Å²) in [5.41, 5.74) is 5.20. The van der Waals surface area contributed by atoms with Crippen molar-refractivity contribution in [3.05, 3.63) is 0 Å². The summed E-state index contributed by atoms with van der Waals surface area (Å²) in [6.07, 6.45) is 1.67. The number of nitrogens with zero attached hydrogens (tertiary/aromatic N) is 2. The van der Waals surface area contributed by atoms with Gasteiger partial charge in [0.1, 0.15) is 5.60 Å². The molecule has 1 saturated heterocycles. The highest BCUT2D eigenvalue weighted by Gasteiger charge is 2.30. The van der Waals surface area contributed by atoms with Crippen molar-refractivity contribution in [3.63, 3.8) is 0 Å². The molecule has 0 aromatic rings. The number of amides is 2. The zero-order valence-corrected chi connectivity index (χ0v) is 15.5. The molecule has 23 heavy (non-hydrogen) atoms. The molecule has 0 bridgehead atoms. The fraction of sp³-hybridized carbons (Fsp3) is 0.882. The van der Waals surface area contributed by atoms with Crippen LogP contribution in [-0.4, -0.2) is 59.1 Å². The Morgan fingerprint density at radius 1 is 1.30 bits per heavy atom. The van der Waals surface area contributed by atoms with Gasteiger partial charge in [-0.25, -0.2) is 4.79 Å². The first-order valence-electron chi connectivity index (χ1n) is 8.55. The molecule has 0 saturated carbocycles. The zero-order chi connectivity index (χ0) is 17.8. The zero-order valence-electron chi connectivity index (χ0n) is 15.5. The third-order valence-corrected chi connectivity index (χ3v) is 3.93. The highest BCUT2D eigenvalue weighted by molar-refractivity contribution is 5.81. The Balaban J connectivity index is 2.69. The van der Waals surface area contributed by atoms with Gasteiger partial charge in [-0.05, 0) is 60.3 Å². The van der Waals surface area contributed by atoms with Crippen molar-refractivity contribution in [2.24, 2.45) is 11.7 Å². The molecule has 6 nitrogen and oxygen atoms in total. The predicted octanol–water partition coefficient (Wildman–Crippen LogP) is 2.22. The number of carbonyl (C=O) groups is 2. The first-order valence-corrected chi connectivity index (χ1v) is 8.55. The molecular formula is C17H33N3O3. The summed E-state index contributed by atoms with van der Waals surface area (Å²) in [7, 11) is 0. The summed E-state index contributed by atoms with van der Waals surface area (Å²) in [5, 5.41) is 0. The van der Waals surface area contributed by atoms with Crippen LogP contribution < -0.4 is 5.73 Å². The summed E-state index contributed by atoms with van der Waals surface area (Å²) in [5.74, 6) is 0.254. The maximum absolute atomic E-state index is 12.4. The molecule has 1 aliphatic rings. The van der Waals surface area contributed by atoms with E-state index in [1.54, 1.807) is 11.8 Å². The van der Waals surface area contributed by atoms with E-state index in [9.17, 15) is 9.59 Å². The largest absolute Gasteiger partial charge is 0.444 e. The lowest BCUT2D eigenvalue weighted by Crippen LogP contribution is -2.50. The van der Waals surface area contributed by atoms with E-state index < -0.39 is 11.6 Å². The fourth-order valence-electron chi connectivity index (χ4n) is 2.80. The number of carbonyl (C=O) groups excluding carboxylic acids is 2. The van der Waals surface area contributed by atoms with E-state index in [0.29, 0.717) is 13.1 Å². The van der Waals surface area contributed by atoms with Gasteiger partial charge in [-0.15, -0.1) is 0 Å².